The van der Waals surface area contributed by atoms with Crippen LogP contribution in [-0.4, -0.2) is 6.54 Å². The van der Waals surface area contributed by atoms with Gasteiger partial charge in [0.05, 0.1) is 0 Å². The number of rotatable bonds is 9. The van der Waals surface area contributed by atoms with Crippen molar-refractivity contribution in [2.45, 2.75) is 58.9 Å². The molecule has 0 aromatic heterocycles. The highest BCUT2D eigenvalue weighted by Crippen LogP contribution is 2.27. The summed E-state index contributed by atoms with van der Waals surface area (Å²) < 4.78 is 0. The number of hydrogen-bond donors (Lipinski definition) is 1. The first-order valence-corrected chi connectivity index (χ1v) is 8.07. The van der Waals surface area contributed by atoms with Crippen LogP contribution < -0.4 is 5.32 Å². The van der Waals surface area contributed by atoms with Gasteiger partial charge in [-0.05, 0) is 36.6 Å². The third kappa shape index (κ3) is 5.97. The van der Waals surface area contributed by atoms with E-state index in [0.717, 1.165) is 17.5 Å². The SMILES string of the molecule is CCCCC(CC)CC(NCC)c1ccc(Cl)cc1. The van der Waals surface area contributed by atoms with Crippen molar-refractivity contribution in [1.29, 1.82) is 0 Å². The van der Waals surface area contributed by atoms with Crippen LogP contribution in [0, 0.1) is 5.92 Å². The minimum atomic E-state index is 0.462. The van der Waals surface area contributed by atoms with Crippen LogP contribution in [0.25, 0.3) is 0 Å². The molecule has 0 radical (unpaired) electrons. The lowest BCUT2D eigenvalue weighted by atomic mass is 9.89. The molecule has 0 saturated heterocycles. The predicted molar refractivity (Wildman–Crippen MR) is 85.8 cm³/mol. The molecule has 0 aliphatic heterocycles. The first-order chi connectivity index (χ1) is 9.21. The number of hydrogen-bond acceptors (Lipinski definition) is 1. The van der Waals surface area contributed by atoms with Crippen LogP contribution in [0.5, 0.6) is 0 Å². The summed E-state index contributed by atoms with van der Waals surface area (Å²) in [6.45, 7) is 7.77. The Kier molecular flexibility index (Phi) is 8.16. The molecule has 0 heterocycles. The van der Waals surface area contributed by atoms with Crippen LogP contribution in [0.4, 0.5) is 0 Å². The molecule has 2 atom stereocenters. The molecule has 0 amide bonds. The van der Waals surface area contributed by atoms with Gasteiger partial charge in [0.1, 0.15) is 0 Å². The molecule has 2 heteroatoms. The van der Waals surface area contributed by atoms with E-state index < -0.39 is 0 Å². The van der Waals surface area contributed by atoms with Crippen molar-refractivity contribution in [3.8, 4) is 0 Å². The van der Waals surface area contributed by atoms with Gasteiger partial charge in [0.25, 0.3) is 0 Å². The zero-order valence-electron chi connectivity index (χ0n) is 12.6. The van der Waals surface area contributed by atoms with Gasteiger partial charge >= 0.3 is 0 Å². The van der Waals surface area contributed by atoms with Gasteiger partial charge in [-0.3, -0.25) is 0 Å². The maximum atomic E-state index is 5.97. The number of nitrogens with one attached hydrogen (secondary N) is 1. The summed E-state index contributed by atoms with van der Waals surface area (Å²) in [5.41, 5.74) is 1.36. The highest BCUT2D eigenvalue weighted by molar-refractivity contribution is 6.30. The van der Waals surface area contributed by atoms with Crippen molar-refractivity contribution in [2.75, 3.05) is 6.54 Å². The third-order valence-corrected chi connectivity index (χ3v) is 4.09. The molecule has 19 heavy (non-hydrogen) atoms. The van der Waals surface area contributed by atoms with E-state index in [-0.39, 0.29) is 0 Å². The van der Waals surface area contributed by atoms with E-state index >= 15 is 0 Å². The second-order valence-corrected chi connectivity index (χ2v) is 5.75. The van der Waals surface area contributed by atoms with E-state index in [1.54, 1.807) is 0 Å². The minimum absolute atomic E-state index is 0.462. The summed E-state index contributed by atoms with van der Waals surface area (Å²) in [7, 11) is 0. The van der Waals surface area contributed by atoms with Crippen molar-refractivity contribution in [3.05, 3.63) is 34.9 Å². The van der Waals surface area contributed by atoms with Gasteiger partial charge < -0.3 is 5.32 Å². The Labute approximate surface area is 123 Å². The largest absolute Gasteiger partial charge is 0.310 e. The lowest BCUT2D eigenvalue weighted by Gasteiger charge is -2.24. The Bertz CT molecular complexity index is 334. The lowest BCUT2D eigenvalue weighted by Crippen LogP contribution is -2.23. The molecule has 0 aliphatic carbocycles. The summed E-state index contributed by atoms with van der Waals surface area (Å²) in [6, 6.07) is 8.76. The number of benzene rings is 1. The quantitative estimate of drug-likeness (QED) is 0.621. The van der Waals surface area contributed by atoms with Gasteiger partial charge in [-0.25, -0.2) is 0 Å². The van der Waals surface area contributed by atoms with Crippen LogP contribution in [0.1, 0.15) is 64.5 Å². The minimum Gasteiger partial charge on any atom is -0.310 e. The van der Waals surface area contributed by atoms with E-state index in [1.807, 2.05) is 12.1 Å². The molecular weight excluding hydrogens is 254 g/mol. The molecule has 0 spiro atoms. The standard InChI is InChI=1S/C17H28ClN/c1-4-7-8-14(5-2)13-17(19-6-3)15-9-11-16(18)12-10-15/h9-12,14,17,19H,4-8,13H2,1-3H3. The fraction of sp³-hybridized carbons (Fsp3) is 0.647. The van der Waals surface area contributed by atoms with Crippen LogP contribution in [-0.2, 0) is 0 Å². The maximum Gasteiger partial charge on any atom is 0.0406 e. The fourth-order valence-electron chi connectivity index (χ4n) is 2.59. The molecular formula is C17H28ClN. The molecule has 0 saturated carbocycles. The third-order valence-electron chi connectivity index (χ3n) is 3.84. The van der Waals surface area contributed by atoms with Gasteiger partial charge in [0.15, 0.2) is 0 Å². The van der Waals surface area contributed by atoms with E-state index in [0.29, 0.717) is 6.04 Å². The average Bonchev–Trinajstić information content (AvgIpc) is 2.43. The first-order valence-electron chi connectivity index (χ1n) is 7.70. The Morgan fingerprint density at radius 1 is 1.11 bits per heavy atom. The van der Waals surface area contributed by atoms with Crippen molar-refractivity contribution in [1.82, 2.24) is 5.32 Å². The Balaban J connectivity index is 2.67. The zero-order valence-corrected chi connectivity index (χ0v) is 13.3. The monoisotopic (exact) mass is 281 g/mol. The molecule has 1 rings (SSSR count). The smallest absolute Gasteiger partial charge is 0.0406 e. The van der Waals surface area contributed by atoms with Gasteiger partial charge in [-0.15, -0.1) is 0 Å². The van der Waals surface area contributed by atoms with Gasteiger partial charge in [0, 0.05) is 11.1 Å². The van der Waals surface area contributed by atoms with Crippen LogP contribution >= 0.6 is 11.6 Å². The van der Waals surface area contributed by atoms with E-state index in [4.69, 9.17) is 11.6 Å². The van der Waals surface area contributed by atoms with Gasteiger partial charge in [-0.1, -0.05) is 70.2 Å². The summed E-state index contributed by atoms with van der Waals surface area (Å²) in [4.78, 5) is 0. The summed E-state index contributed by atoms with van der Waals surface area (Å²) in [5, 5.41) is 4.43. The molecule has 1 aromatic rings. The van der Waals surface area contributed by atoms with Crippen LogP contribution in [0.3, 0.4) is 0 Å². The van der Waals surface area contributed by atoms with E-state index in [9.17, 15) is 0 Å². The molecule has 0 bridgehead atoms. The molecule has 1 aromatic carbocycles. The van der Waals surface area contributed by atoms with Crippen LogP contribution in [0.2, 0.25) is 5.02 Å². The Hall–Kier alpha value is -0.530. The van der Waals surface area contributed by atoms with Crippen molar-refractivity contribution >= 4 is 11.6 Å². The summed E-state index contributed by atoms with van der Waals surface area (Å²) >= 11 is 5.97. The fourth-order valence-corrected chi connectivity index (χ4v) is 2.72. The predicted octanol–water partition coefficient (Wildman–Crippen LogP) is 5.60. The van der Waals surface area contributed by atoms with Gasteiger partial charge in [0.2, 0.25) is 0 Å². The second-order valence-electron chi connectivity index (χ2n) is 5.31. The van der Waals surface area contributed by atoms with E-state index in [1.165, 1.54) is 37.7 Å². The van der Waals surface area contributed by atoms with Gasteiger partial charge in [-0.2, -0.15) is 0 Å². The van der Waals surface area contributed by atoms with Crippen molar-refractivity contribution in [3.63, 3.8) is 0 Å². The zero-order chi connectivity index (χ0) is 14.1. The Morgan fingerprint density at radius 2 is 1.79 bits per heavy atom. The molecule has 1 nitrogen and oxygen atoms in total. The van der Waals surface area contributed by atoms with Crippen LogP contribution in [0.15, 0.2) is 24.3 Å². The first kappa shape index (κ1) is 16.5. The lowest BCUT2D eigenvalue weighted by molar-refractivity contribution is 0.357. The average molecular weight is 282 g/mol. The summed E-state index contributed by atoms with van der Waals surface area (Å²) in [6.07, 6.45) is 6.49. The van der Waals surface area contributed by atoms with Crippen molar-refractivity contribution in [2.24, 2.45) is 5.92 Å². The normalized spacial score (nSPS) is 14.3. The number of halogens is 1. The van der Waals surface area contributed by atoms with E-state index in [2.05, 4.69) is 38.2 Å². The Morgan fingerprint density at radius 3 is 2.32 bits per heavy atom. The highest BCUT2D eigenvalue weighted by atomic mass is 35.5. The highest BCUT2D eigenvalue weighted by Gasteiger charge is 2.16. The molecule has 108 valence electrons. The topological polar surface area (TPSA) is 12.0 Å². The molecule has 2 unspecified atom stereocenters. The molecule has 1 N–H and O–H groups in total. The second kappa shape index (κ2) is 9.39. The molecule has 0 fully saturated rings. The maximum absolute atomic E-state index is 5.97. The number of unbranched alkanes of at least 4 members (excludes halogenated alkanes) is 1. The molecule has 0 aliphatic rings. The van der Waals surface area contributed by atoms with Crippen molar-refractivity contribution < 1.29 is 0 Å². The summed E-state index contributed by atoms with van der Waals surface area (Å²) in [5.74, 6) is 0.819.